The summed E-state index contributed by atoms with van der Waals surface area (Å²) in [6.07, 6.45) is 2.83. The summed E-state index contributed by atoms with van der Waals surface area (Å²) in [6.45, 7) is 2.23. The lowest BCUT2D eigenvalue weighted by Gasteiger charge is -2.19. The van der Waals surface area contributed by atoms with Gasteiger partial charge in [0.2, 0.25) is 0 Å². The Morgan fingerprint density at radius 3 is 2.73 bits per heavy atom. The van der Waals surface area contributed by atoms with Crippen LogP contribution in [-0.4, -0.2) is 21.3 Å². The Hall–Kier alpha value is -1.29. The summed E-state index contributed by atoms with van der Waals surface area (Å²) in [5.74, 6) is 0.681. The third-order valence-electron chi connectivity index (χ3n) is 2.37. The number of hydrogen-bond acceptors (Lipinski definition) is 3. The van der Waals surface area contributed by atoms with Gasteiger partial charge in [-0.15, -0.1) is 0 Å². The number of ether oxygens (including phenoxy) is 1. The number of fused-ring (bicyclic) bond motifs is 1. The zero-order valence-electron chi connectivity index (χ0n) is 8.65. The van der Waals surface area contributed by atoms with Gasteiger partial charge in [0.25, 0.3) is 0 Å². The van der Waals surface area contributed by atoms with E-state index in [1.807, 2.05) is 19.1 Å². The van der Waals surface area contributed by atoms with E-state index in [9.17, 15) is 8.42 Å². The molecule has 0 spiro atoms. The minimum absolute atomic E-state index is 0.320. The van der Waals surface area contributed by atoms with Crippen LogP contribution in [0.15, 0.2) is 24.3 Å². The highest BCUT2D eigenvalue weighted by molar-refractivity contribution is 8.00. The van der Waals surface area contributed by atoms with Crippen molar-refractivity contribution in [2.24, 2.45) is 0 Å². The lowest BCUT2D eigenvalue weighted by Crippen LogP contribution is -2.11. The number of hydrogen-bond donors (Lipinski definition) is 0. The Kier molecular flexibility index (Phi) is 2.31. The second kappa shape index (κ2) is 3.38. The van der Waals surface area contributed by atoms with Crippen molar-refractivity contribution in [1.82, 2.24) is 0 Å². The molecule has 2 rings (SSSR count). The molecule has 0 amide bonds. The minimum atomic E-state index is -3.17. The summed E-state index contributed by atoms with van der Waals surface area (Å²) >= 11 is 0. The fourth-order valence-corrected chi connectivity index (χ4v) is 2.63. The first-order chi connectivity index (χ1) is 7.00. The van der Waals surface area contributed by atoms with Crippen molar-refractivity contribution < 1.29 is 13.2 Å². The molecule has 0 radical (unpaired) electrons. The van der Waals surface area contributed by atoms with Crippen LogP contribution < -0.4 is 4.74 Å². The molecule has 0 N–H and O–H groups in total. The largest absolute Gasteiger partial charge is 0.489 e. The maximum absolute atomic E-state index is 11.5. The van der Waals surface area contributed by atoms with Crippen molar-refractivity contribution in [2.45, 2.75) is 6.92 Å². The second-order valence-corrected chi connectivity index (χ2v) is 5.59. The molecule has 0 atom stereocenters. The Bertz CT molecular complexity index is 527. The van der Waals surface area contributed by atoms with Gasteiger partial charge in [-0.3, -0.25) is 0 Å². The average Bonchev–Trinajstić information content (AvgIpc) is 2.16. The van der Waals surface area contributed by atoms with Gasteiger partial charge in [-0.2, -0.15) is 0 Å². The fraction of sp³-hybridized carbons (Fsp3) is 0.273. The van der Waals surface area contributed by atoms with Gasteiger partial charge < -0.3 is 4.74 Å². The van der Waals surface area contributed by atoms with Crippen LogP contribution in [0, 0.1) is 6.92 Å². The van der Waals surface area contributed by atoms with Crippen LogP contribution in [0.5, 0.6) is 5.75 Å². The highest BCUT2D eigenvalue weighted by Gasteiger charge is 2.22. The molecule has 1 aromatic rings. The maximum Gasteiger partial charge on any atom is 0.176 e. The molecule has 0 aliphatic carbocycles. The van der Waals surface area contributed by atoms with Gasteiger partial charge in [0, 0.05) is 11.8 Å². The number of rotatable bonds is 1. The van der Waals surface area contributed by atoms with Crippen molar-refractivity contribution in [3.8, 4) is 5.75 Å². The van der Waals surface area contributed by atoms with Gasteiger partial charge in [-0.05, 0) is 24.6 Å². The average molecular weight is 224 g/mol. The highest BCUT2D eigenvalue weighted by atomic mass is 32.2. The predicted octanol–water partition coefficient (Wildman–Crippen LogP) is 1.77. The molecule has 0 fully saturated rings. The second-order valence-electron chi connectivity index (χ2n) is 3.60. The number of aryl methyl sites for hydroxylation is 1. The molecule has 1 heterocycles. The van der Waals surface area contributed by atoms with E-state index < -0.39 is 9.84 Å². The molecule has 1 aliphatic rings. The van der Waals surface area contributed by atoms with Gasteiger partial charge in [-0.1, -0.05) is 12.1 Å². The van der Waals surface area contributed by atoms with E-state index in [4.69, 9.17) is 4.74 Å². The first-order valence-corrected chi connectivity index (χ1v) is 6.52. The Morgan fingerprint density at radius 1 is 1.33 bits per heavy atom. The Labute approximate surface area is 89.3 Å². The Balaban J connectivity index is 2.67. The van der Waals surface area contributed by atoms with Crippen molar-refractivity contribution >= 4 is 14.7 Å². The summed E-state index contributed by atoms with van der Waals surface area (Å²) in [7, 11) is -3.17. The zero-order valence-corrected chi connectivity index (χ0v) is 9.47. The third kappa shape index (κ3) is 1.77. The molecule has 80 valence electrons. The number of para-hydroxylation sites is 1. The zero-order chi connectivity index (χ0) is 11.1. The monoisotopic (exact) mass is 224 g/mol. The van der Waals surface area contributed by atoms with Gasteiger partial charge >= 0.3 is 0 Å². The van der Waals surface area contributed by atoms with Gasteiger partial charge in [-0.25, -0.2) is 8.42 Å². The molecule has 0 aromatic heterocycles. The highest BCUT2D eigenvalue weighted by Crippen LogP contribution is 2.34. The number of benzene rings is 1. The molecule has 0 unspecified atom stereocenters. The lowest BCUT2D eigenvalue weighted by molar-refractivity contribution is 0.355. The van der Waals surface area contributed by atoms with Crippen molar-refractivity contribution in [2.75, 3.05) is 12.9 Å². The minimum Gasteiger partial charge on any atom is -0.489 e. The van der Waals surface area contributed by atoms with Crippen LogP contribution in [-0.2, 0) is 9.84 Å². The van der Waals surface area contributed by atoms with E-state index in [-0.39, 0.29) is 0 Å². The molecule has 0 saturated carbocycles. The summed E-state index contributed by atoms with van der Waals surface area (Å²) in [5.41, 5.74) is 1.63. The van der Waals surface area contributed by atoms with E-state index in [2.05, 4.69) is 0 Å². The number of sulfone groups is 1. The van der Waals surface area contributed by atoms with E-state index in [0.29, 0.717) is 22.8 Å². The topological polar surface area (TPSA) is 43.4 Å². The standard InChI is InChI=1S/C11H12O3S/c1-8-4-3-5-9-10(15(2,12)13)6-7-14-11(8)9/h3-6H,7H2,1-2H3. The van der Waals surface area contributed by atoms with E-state index >= 15 is 0 Å². The molecule has 1 aromatic carbocycles. The Morgan fingerprint density at radius 2 is 2.07 bits per heavy atom. The fourth-order valence-electron chi connectivity index (χ4n) is 1.70. The SMILES string of the molecule is Cc1cccc2c1OCC=C2S(C)(=O)=O. The van der Waals surface area contributed by atoms with Gasteiger partial charge in [0.05, 0.1) is 4.91 Å². The van der Waals surface area contributed by atoms with Gasteiger partial charge in [0.1, 0.15) is 12.4 Å². The normalized spacial score (nSPS) is 15.2. The van der Waals surface area contributed by atoms with Crippen LogP contribution in [0.2, 0.25) is 0 Å². The van der Waals surface area contributed by atoms with Crippen LogP contribution in [0.3, 0.4) is 0 Å². The van der Waals surface area contributed by atoms with Crippen molar-refractivity contribution in [1.29, 1.82) is 0 Å². The molecular formula is C11H12O3S. The lowest BCUT2D eigenvalue weighted by atomic mass is 10.1. The van der Waals surface area contributed by atoms with Crippen LogP contribution in [0.1, 0.15) is 11.1 Å². The molecule has 1 aliphatic heterocycles. The molecule has 0 bridgehead atoms. The van der Waals surface area contributed by atoms with E-state index in [1.165, 1.54) is 6.26 Å². The smallest absolute Gasteiger partial charge is 0.176 e. The van der Waals surface area contributed by atoms with Crippen LogP contribution >= 0.6 is 0 Å². The quantitative estimate of drug-likeness (QED) is 0.730. The van der Waals surface area contributed by atoms with Crippen molar-refractivity contribution in [3.63, 3.8) is 0 Å². The first kappa shape index (κ1) is 10.2. The maximum atomic E-state index is 11.5. The summed E-state index contributed by atoms with van der Waals surface area (Å²) in [6, 6.07) is 5.51. The van der Waals surface area contributed by atoms with Crippen molar-refractivity contribution in [3.05, 3.63) is 35.4 Å². The summed E-state index contributed by atoms with van der Waals surface area (Å²) < 4.78 is 28.5. The predicted molar refractivity (Wildman–Crippen MR) is 59.5 cm³/mol. The molecule has 4 heteroatoms. The summed E-state index contributed by atoms with van der Waals surface area (Å²) in [4.78, 5) is 0.368. The van der Waals surface area contributed by atoms with E-state index in [1.54, 1.807) is 12.1 Å². The molecular weight excluding hydrogens is 212 g/mol. The van der Waals surface area contributed by atoms with E-state index in [0.717, 1.165) is 5.56 Å². The van der Waals surface area contributed by atoms with Crippen LogP contribution in [0.4, 0.5) is 0 Å². The first-order valence-electron chi connectivity index (χ1n) is 4.63. The molecule has 3 nitrogen and oxygen atoms in total. The summed E-state index contributed by atoms with van der Waals surface area (Å²) in [5, 5.41) is 0. The third-order valence-corrected chi connectivity index (χ3v) is 3.56. The molecule has 15 heavy (non-hydrogen) atoms. The molecule has 0 saturated heterocycles. The van der Waals surface area contributed by atoms with Crippen LogP contribution in [0.25, 0.3) is 4.91 Å². The van der Waals surface area contributed by atoms with Gasteiger partial charge in [0.15, 0.2) is 9.84 Å².